The molecule has 5 heteroatoms. The van der Waals surface area contributed by atoms with E-state index >= 15 is 0 Å². The van der Waals surface area contributed by atoms with Crippen LogP contribution in [0.25, 0.3) is 0 Å². The van der Waals surface area contributed by atoms with Crippen LogP contribution in [0.3, 0.4) is 0 Å². The zero-order chi connectivity index (χ0) is 10.7. The monoisotopic (exact) mass is 274 g/mol. The van der Waals surface area contributed by atoms with Gasteiger partial charge < -0.3 is 9.26 Å². The van der Waals surface area contributed by atoms with Crippen molar-refractivity contribution in [1.29, 1.82) is 0 Å². The predicted molar refractivity (Wildman–Crippen MR) is 59.5 cm³/mol. The summed E-state index contributed by atoms with van der Waals surface area (Å²) in [7, 11) is 1.79. The topological polar surface area (TPSA) is 38.5 Å². The zero-order valence-corrected chi connectivity index (χ0v) is 10.4. The van der Waals surface area contributed by atoms with Crippen LogP contribution in [0.4, 0.5) is 0 Å². The molecule has 2 heterocycles. The highest BCUT2D eigenvalue weighted by atomic mass is 79.9. The van der Waals surface area contributed by atoms with Crippen molar-refractivity contribution in [1.82, 2.24) is 10.1 Å². The van der Waals surface area contributed by atoms with Gasteiger partial charge in [0.15, 0.2) is 5.76 Å². The van der Waals surface area contributed by atoms with Gasteiger partial charge in [0.1, 0.15) is 4.60 Å². The fourth-order valence-corrected chi connectivity index (χ4v) is 2.21. The quantitative estimate of drug-likeness (QED) is 0.846. The lowest BCUT2D eigenvalue weighted by Gasteiger charge is -2.30. The first-order valence-electron chi connectivity index (χ1n) is 5.14. The predicted octanol–water partition coefficient (Wildman–Crippen LogP) is 2.05. The molecule has 0 spiro atoms. The largest absolute Gasteiger partial charge is 0.381 e. The lowest BCUT2D eigenvalue weighted by molar-refractivity contribution is 0.0364. The number of methoxy groups -OCH3 is 1. The van der Waals surface area contributed by atoms with Gasteiger partial charge in [0.25, 0.3) is 0 Å². The third kappa shape index (κ3) is 3.03. The minimum atomic E-state index is 0.433. The Morgan fingerprint density at radius 1 is 1.60 bits per heavy atom. The third-order valence-electron chi connectivity index (χ3n) is 2.78. The lowest BCUT2D eigenvalue weighted by Crippen LogP contribution is -2.36. The van der Waals surface area contributed by atoms with Gasteiger partial charge in [-0.05, 0) is 28.8 Å². The molecule has 84 valence electrons. The van der Waals surface area contributed by atoms with Gasteiger partial charge in [-0.15, -0.1) is 0 Å². The van der Waals surface area contributed by atoms with Crippen LogP contribution in [0.1, 0.15) is 18.6 Å². The molecular weight excluding hydrogens is 260 g/mol. The molecule has 0 radical (unpaired) electrons. The Morgan fingerprint density at radius 2 is 2.33 bits per heavy atom. The highest BCUT2D eigenvalue weighted by Gasteiger charge is 2.19. The van der Waals surface area contributed by atoms with Gasteiger partial charge in [-0.1, -0.05) is 5.16 Å². The van der Waals surface area contributed by atoms with Crippen molar-refractivity contribution in [2.75, 3.05) is 20.2 Å². The maximum absolute atomic E-state index is 5.32. The number of hydrogen-bond donors (Lipinski definition) is 0. The fraction of sp³-hybridized carbons (Fsp3) is 0.700. The second-order valence-electron chi connectivity index (χ2n) is 3.83. The van der Waals surface area contributed by atoms with Crippen molar-refractivity contribution in [3.8, 4) is 0 Å². The second kappa shape index (κ2) is 5.09. The Hall–Kier alpha value is -0.390. The van der Waals surface area contributed by atoms with Crippen LogP contribution in [-0.4, -0.2) is 36.4 Å². The number of halogens is 1. The van der Waals surface area contributed by atoms with Crippen LogP contribution >= 0.6 is 15.9 Å². The first-order chi connectivity index (χ1) is 7.28. The zero-order valence-electron chi connectivity index (χ0n) is 8.78. The fourth-order valence-electron chi connectivity index (χ4n) is 1.89. The van der Waals surface area contributed by atoms with Crippen molar-refractivity contribution >= 4 is 15.9 Å². The van der Waals surface area contributed by atoms with E-state index in [0.717, 1.165) is 42.8 Å². The molecule has 0 bridgehead atoms. The van der Waals surface area contributed by atoms with Crippen molar-refractivity contribution < 1.29 is 9.26 Å². The molecule has 0 atom stereocenters. The van der Waals surface area contributed by atoms with Crippen LogP contribution < -0.4 is 0 Å². The summed E-state index contributed by atoms with van der Waals surface area (Å²) in [5.41, 5.74) is 0. The molecule has 0 unspecified atom stereocenters. The van der Waals surface area contributed by atoms with Crippen LogP contribution in [0.2, 0.25) is 0 Å². The molecule has 1 fully saturated rings. The number of ether oxygens (including phenoxy) is 1. The van der Waals surface area contributed by atoms with E-state index in [1.165, 1.54) is 0 Å². The van der Waals surface area contributed by atoms with Gasteiger partial charge in [0, 0.05) is 26.3 Å². The molecule has 0 saturated carbocycles. The molecule has 4 nitrogen and oxygen atoms in total. The molecule has 1 aliphatic rings. The van der Waals surface area contributed by atoms with Crippen LogP contribution in [0.15, 0.2) is 15.2 Å². The SMILES string of the molecule is COC1CCN(Cc2cc(Br)no2)CC1. The molecule has 1 aromatic rings. The molecule has 0 N–H and O–H groups in total. The Balaban J connectivity index is 1.82. The molecule has 0 aromatic carbocycles. The van der Waals surface area contributed by atoms with Crippen LogP contribution in [-0.2, 0) is 11.3 Å². The summed E-state index contributed by atoms with van der Waals surface area (Å²) in [6, 6.07) is 1.92. The summed E-state index contributed by atoms with van der Waals surface area (Å²) in [5.74, 6) is 0.915. The molecule has 1 saturated heterocycles. The number of aromatic nitrogens is 1. The summed E-state index contributed by atoms with van der Waals surface area (Å²) in [6.45, 7) is 2.97. The van der Waals surface area contributed by atoms with Gasteiger partial charge in [-0.2, -0.15) is 0 Å². The number of hydrogen-bond acceptors (Lipinski definition) is 4. The first kappa shape index (κ1) is 11.1. The molecule has 1 aliphatic heterocycles. The normalized spacial score (nSPS) is 19.6. The number of likely N-dealkylation sites (tertiary alicyclic amines) is 1. The highest BCUT2D eigenvalue weighted by molar-refractivity contribution is 9.10. The Kier molecular flexibility index (Phi) is 3.77. The first-order valence-corrected chi connectivity index (χ1v) is 5.93. The standard InChI is InChI=1S/C10H15BrN2O2/c1-14-8-2-4-13(5-3-8)7-9-6-10(11)12-15-9/h6,8H,2-5,7H2,1H3. The Bertz CT molecular complexity index is 308. The molecule has 1 aromatic heterocycles. The second-order valence-corrected chi connectivity index (χ2v) is 4.64. The molecular formula is C10H15BrN2O2. The molecule has 15 heavy (non-hydrogen) atoms. The summed E-state index contributed by atoms with van der Waals surface area (Å²) < 4.78 is 11.2. The van der Waals surface area contributed by atoms with Crippen LogP contribution in [0, 0.1) is 0 Å². The highest BCUT2D eigenvalue weighted by Crippen LogP contribution is 2.17. The van der Waals surface area contributed by atoms with Gasteiger partial charge >= 0.3 is 0 Å². The average molecular weight is 275 g/mol. The van der Waals surface area contributed by atoms with E-state index in [1.807, 2.05) is 6.07 Å². The molecule has 0 amide bonds. The van der Waals surface area contributed by atoms with E-state index in [-0.39, 0.29) is 0 Å². The molecule has 2 rings (SSSR count). The van der Waals surface area contributed by atoms with Crippen molar-refractivity contribution in [3.63, 3.8) is 0 Å². The summed E-state index contributed by atoms with van der Waals surface area (Å²) >= 11 is 3.27. The van der Waals surface area contributed by atoms with E-state index in [4.69, 9.17) is 9.26 Å². The van der Waals surface area contributed by atoms with Gasteiger partial charge in [-0.25, -0.2) is 0 Å². The van der Waals surface area contributed by atoms with E-state index in [9.17, 15) is 0 Å². The van der Waals surface area contributed by atoms with Crippen molar-refractivity contribution in [2.45, 2.75) is 25.5 Å². The molecule has 0 aliphatic carbocycles. The van der Waals surface area contributed by atoms with Crippen LogP contribution in [0.5, 0.6) is 0 Å². The smallest absolute Gasteiger partial charge is 0.151 e. The van der Waals surface area contributed by atoms with Gasteiger partial charge in [0.05, 0.1) is 12.6 Å². The summed E-state index contributed by atoms with van der Waals surface area (Å²) in [4.78, 5) is 2.36. The number of piperidine rings is 1. The Morgan fingerprint density at radius 3 is 2.87 bits per heavy atom. The van der Waals surface area contributed by atoms with Gasteiger partial charge in [-0.3, -0.25) is 4.90 Å². The van der Waals surface area contributed by atoms with E-state index in [2.05, 4.69) is 26.0 Å². The van der Waals surface area contributed by atoms with Crippen molar-refractivity contribution in [2.24, 2.45) is 0 Å². The average Bonchev–Trinajstić information content (AvgIpc) is 2.65. The maximum atomic E-state index is 5.32. The van der Waals surface area contributed by atoms with Crippen molar-refractivity contribution in [3.05, 3.63) is 16.4 Å². The number of rotatable bonds is 3. The Labute approximate surface area is 97.7 Å². The van der Waals surface area contributed by atoms with E-state index in [1.54, 1.807) is 7.11 Å². The third-order valence-corrected chi connectivity index (χ3v) is 3.15. The number of nitrogens with zero attached hydrogens (tertiary/aromatic N) is 2. The van der Waals surface area contributed by atoms with Gasteiger partial charge in [0.2, 0.25) is 0 Å². The van der Waals surface area contributed by atoms with E-state index in [0.29, 0.717) is 6.10 Å². The minimum Gasteiger partial charge on any atom is -0.381 e. The minimum absolute atomic E-state index is 0.433. The summed E-state index contributed by atoms with van der Waals surface area (Å²) in [6.07, 6.45) is 2.64. The summed E-state index contributed by atoms with van der Waals surface area (Å²) in [5, 5.41) is 3.80. The van der Waals surface area contributed by atoms with E-state index < -0.39 is 0 Å². The maximum Gasteiger partial charge on any atom is 0.151 e. The lowest BCUT2D eigenvalue weighted by atomic mass is 10.1.